The van der Waals surface area contributed by atoms with Crippen LogP contribution in [-0.4, -0.2) is 24.7 Å². The number of thiazole rings is 1. The average Bonchev–Trinajstić information content (AvgIpc) is 3.18. The second-order valence-electron chi connectivity index (χ2n) is 7.46. The summed E-state index contributed by atoms with van der Waals surface area (Å²) >= 11 is 1.70. The molecular weight excluding hydrogens is 382 g/mol. The van der Waals surface area contributed by atoms with Gasteiger partial charge in [0.1, 0.15) is 11.2 Å². The number of aryl methyl sites for hydroxylation is 5. The van der Waals surface area contributed by atoms with Gasteiger partial charge in [-0.1, -0.05) is 30.3 Å². The van der Waals surface area contributed by atoms with Gasteiger partial charge >= 0.3 is 0 Å². The zero-order chi connectivity index (χ0) is 20.5. The van der Waals surface area contributed by atoms with Gasteiger partial charge in [0.25, 0.3) is 5.56 Å². The van der Waals surface area contributed by atoms with E-state index in [0.29, 0.717) is 22.6 Å². The zero-order valence-corrected chi connectivity index (χ0v) is 18.0. The van der Waals surface area contributed by atoms with E-state index in [2.05, 4.69) is 39.2 Å². The van der Waals surface area contributed by atoms with Crippen molar-refractivity contribution in [2.45, 2.75) is 53.0 Å². The Morgan fingerprint density at radius 3 is 2.52 bits per heavy atom. The molecule has 1 atom stereocenters. The Hall–Kier alpha value is -2.80. The van der Waals surface area contributed by atoms with Crippen LogP contribution >= 0.6 is 11.3 Å². The van der Waals surface area contributed by atoms with Crippen molar-refractivity contribution in [1.82, 2.24) is 24.7 Å². The van der Waals surface area contributed by atoms with Crippen molar-refractivity contribution in [3.05, 3.63) is 73.3 Å². The van der Waals surface area contributed by atoms with Crippen LogP contribution in [0.4, 0.5) is 0 Å². The van der Waals surface area contributed by atoms with Crippen LogP contribution in [0.3, 0.4) is 0 Å². The largest absolute Gasteiger partial charge is 0.310 e. The molecule has 0 fully saturated rings. The van der Waals surface area contributed by atoms with Gasteiger partial charge in [-0.25, -0.2) is 14.6 Å². The highest BCUT2D eigenvalue weighted by Crippen LogP contribution is 2.33. The van der Waals surface area contributed by atoms with Gasteiger partial charge in [0.05, 0.1) is 27.3 Å². The van der Waals surface area contributed by atoms with Gasteiger partial charge in [-0.05, 0) is 52.5 Å². The predicted octanol–water partition coefficient (Wildman–Crippen LogP) is 4.42. The van der Waals surface area contributed by atoms with Crippen molar-refractivity contribution < 1.29 is 0 Å². The molecule has 4 rings (SSSR count). The molecule has 1 aromatic carbocycles. The Kier molecular flexibility index (Phi) is 5.32. The van der Waals surface area contributed by atoms with Crippen LogP contribution in [0.2, 0.25) is 0 Å². The number of hydrogen-bond acceptors (Lipinski definition) is 5. The summed E-state index contributed by atoms with van der Waals surface area (Å²) in [7, 11) is 0. The molecule has 0 bridgehead atoms. The highest BCUT2D eigenvalue weighted by atomic mass is 32.1. The summed E-state index contributed by atoms with van der Waals surface area (Å²) in [6.45, 7) is 7.76. The van der Waals surface area contributed by atoms with Crippen molar-refractivity contribution in [2.75, 3.05) is 0 Å². The molecule has 29 heavy (non-hydrogen) atoms. The quantitative estimate of drug-likeness (QED) is 0.513. The number of hydrogen-bond donors (Lipinski definition) is 1. The van der Waals surface area contributed by atoms with E-state index in [4.69, 9.17) is 5.10 Å². The molecule has 3 heterocycles. The van der Waals surface area contributed by atoms with E-state index in [1.54, 1.807) is 18.3 Å². The maximum atomic E-state index is 12.5. The van der Waals surface area contributed by atoms with Gasteiger partial charge in [-0.2, -0.15) is 5.10 Å². The molecule has 0 aliphatic heterocycles. The molecule has 0 amide bonds. The van der Waals surface area contributed by atoms with Crippen molar-refractivity contribution in [3.8, 4) is 0 Å². The Morgan fingerprint density at radius 1 is 1.07 bits per heavy atom. The second-order valence-corrected chi connectivity index (χ2v) is 8.69. The zero-order valence-electron chi connectivity index (χ0n) is 17.2. The SMILES string of the molecule is Cc1nc2c(c(C)nn2C(CCCc2ccccc2)c2sc(C)nc2C)c(=O)[nH]1. The lowest BCUT2D eigenvalue weighted by Crippen LogP contribution is -2.15. The third-order valence-electron chi connectivity index (χ3n) is 5.18. The summed E-state index contributed by atoms with van der Waals surface area (Å²) in [5.41, 5.74) is 3.59. The van der Waals surface area contributed by atoms with Crippen molar-refractivity contribution >= 4 is 22.4 Å². The molecule has 0 radical (unpaired) electrons. The second kappa shape index (κ2) is 7.91. The number of rotatable bonds is 6. The maximum absolute atomic E-state index is 12.5. The van der Waals surface area contributed by atoms with E-state index < -0.39 is 0 Å². The Labute approximate surface area is 173 Å². The Bertz CT molecular complexity index is 1210. The lowest BCUT2D eigenvalue weighted by molar-refractivity contribution is 0.486. The summed E-state index contributed by atoms with van der Waals surface area (Å²) < 4.78 is 1.94. The van der Waals surface area contributed by atoms with Gasteiger partial charge in [0.15, 0.2) is 5.65 Å². The highest BCUT2D eigenvalue weighted by Gasteiger charge is 2.24. The summed E-state index contributed by atoms with van der Waals surface area (Å²) in [5.74, 6) is 0.601. The number of fused-ring (bicyclic) bond motifs is 1. The van der Waals surface area contributed by atoms with E-state index in [-0.39, 0.29) is 11.6 Å². The molecule has 0 saturated heterocycles. The minimum Gasteiger partial charge on any atom is -0.310 e. The molecule has 3 aromatic heterocycles. The smallest absolute Gasteiger partial charge is 0.262 e. The first kappa shape index (κ1) is 19.5. The van der Waals surface area contributed by atoms with Gasteiger partial charge in [0.2, 0.25) is 0 Å². The molecular formula is C22H25N5OS. The topological polar surface area (TPSA) is 76.5 Å². The molecule has 4 aromatic rings. The third-order valence-corrected chi connectivity index (χ3v) is 6.35. The van der Waals surface area contributed by atoms with Crippen molar-refractivity contribution in [1.29, 1.82) is 0 Å². The fourth-order valence-corrected chi connectivity index (χ4v) is 4.95. The standard InChI is InChI=1S/C22H25N5OS/c1-13-19-21(24-15(3)25-22(19)28)27(26-13)18(20-14(2)23-16(4)29-20)12-8-11-17-9-6-5-7-10-17/h5-7,9-10,18H,8,11-12H2,1-4H3,(H,24,25,28). The van der Waals surface area contributed by atoms with E-state index in [9.17, 15) is 4.79 Å². The summed E-state index contributed by atoms with van der Waals surface area (Å²) in [5, 5.41) is 6.37. The molecule has 0 saturated carbocycles. The molecule has 0 aliphatic rings. The summed E-state index contributed by atoms with van der Waals surface area (Å²) in [6.07, 6.45) is 2.91. The van der Waals surface area contributed by atoms with Gasteiger partial charge in [-0.15, -0.1) is 11.3 Å². The fourth-order valence-electron chi connectivity index (χ4n) is 3.90. The van der Waals surface area contributed by atoms with E-state index >= 15 is 0 Å². The fraction of sp³-hybridized carbons (Fsp3) is 0.364. The van der Waals surface area contributed by atoms with Crippen molar-refractivity contribution in [3.63, 3.8) is 0 Å². The van der Waals surface area contributed by atoms with E-state index in [1.807, 2.05) is 31.5 Å². The minimum absolute atomic E-state index is 0.00909. The number of nitrogens with zero attached hydrogens (tertiary/aromatic N) is 4. The number of benzene rings is 1. The van der Waals surface area contributed by atoms with E-state index in [1.165, 1.54) is 10.4 Å². The first-order valence-corrected chi connectivity index (χ1v) is 10.7. The molecule has 0 spiro atoms. The van der Waals surface area contributed by atoms with Crippen LogP contribution in [-0.2, 0) is 6.42 Å². The predicted molar refractivity (Wildman–Crippen MR) is 117 cm³/mol. The number of aromatic amines is 1. The first-order chi connectivity index (χ1) is 13.9. The minimum atomic E-state index is -0.128. The van der Waals surface area contributed by atoms with Gasteiger partial charge < -0.3 is 4.98 Å². The highest BCUT2D eigenvalue weighted by molar-refractivity contribution is 7.11. The van der Waals surface area contributed by atoms with Crippen LogP contribution in [0.15, 0.2) is 35.1 Å². The third kappa shape index (κ3) is 3.87. The van der Waals surface area contributed by atoms with Crippen LogP contribution in [0, 0.1) is 27.7 Å². The molecule has 0 aliphatic carbocycles. The van der Waals surface area contributed by atoms with Gasteiger partial charge in [0, 0.05) is 0 Å². The number of aromatic nitrogens is 5. The molecule has 1 N–H and O–H groups in total. The Morgan fingerprint density at radius 2 is 1.83 bits per heavy atom. The monoisotopic (exact) mass is 407 g/mol. The maximum Gasteiger partial charge on any atom is 0.262 e. The lowest BCUT2D eigenvalue weighted by Gasteiger charge is -2.18. The van der Waals surface area contributed by atoms with Crippen molar-refractivity contribution in [2.24, 2.45) is 0 Å². The lowest BCUT2D eigenvalue weighted by atomic mass is 10.0. The summed E-state index contributed by atoms with van der Waals surface area (Å²) in [6, 6.07) is 10.5. The van der Waals surface area contributed by atoms with Crippen LogP contribution in [0.1, 0.15) is 51.5 Å². The first-order valence-electron chi connectivity index (χ1n) is 9.87. The normalized spacial score (nSPS) is 12.6. The van der Waals surface area contributed by atoms with Crippen LogP contribution in [0.25, 0.3) is 11.0 Å². The van der Waals surface area contributed by atoms with Crippen LogP contribution < -0.4 is 5.56 Å². The van der Waals surface area contributed by atoms with Crippen LogP contribution in [0.5, 0.6) is 0 Å². The van der Waals surface area contributed by atoms with Gasteiger partial charge in [-0.3, -0.25) is 4.79 Å². The van der Waals surface area contributed by atoms with E-state index in [0.717, 1.165) is 30.0 Å². The Balaban J connectivity index is 1.76. The molecule has 6 nitrogen and oxygen atoms in total. The molecule has 150 valence electrons. The number of nitrogens with one attached hydrogen (secondary N) is 1. The molecule has 1 unspecified atom stereocenters. The number of H-pyrrole nitrogens is 1. The molecule has 7 heteroatoms. The average molecular weight is 408 g/mol. The summed E-state index contributed by atoms with van der Waals surface area (Å²) in [4.78, 5) is 25.8.